The molecule has 1 unspecified atom stereocenters. The van der Waals surface area contributed by atoms with Crippen LogP contribution in [0.15, 0.2) is 0 Å². The SMILES string of the molecule is C#CCC(CCOCCOC)NCC. The lowest BCUT2D eigenvalue weighted by atomic mass is 10.1. The van der Waals surface area contributed by atoms with E-state index in [9.17, 15) is 0 Å². The third kappa shape index (κ3) is 8.06. The largest absolute Gasteiger partial charge is 0.382 e. The maximum absolute atomic E-state index is 5.36. The molecule has 3 nitrogen and oxygen atoms in total. The Kier molecular flexibility index (Phi) is 10.1. The van der Waals surface area contributed by atoms with Crippen LogP contribution in [0.1, 0.15) is 19.8 Å². The summed E-state index contributed by atoms with van der Waals surface area (Å²) in [5.41, 5.74) is 0. The number of ether oxygens (including phenoxy) is 2. The molecule has 0 fully saturated rings. The maximum atomic E-state index is 5.36. The molecule has 82 valence electrons. The summed E-state index contributed by atoms with van der Waals surface area (Å²) in [7, 11) is 1.67. The molecule has 0 saturated carbocycles. The van der Waals surface area contributed by atoms with Gasteiger partial charge in [-0.2, -0.15) is 0 Å². The van der Waals surface area contributed by atoms with E-state index in [4.69, 9.17) is 15.9 Å². The number of nitrogens with one attached hydrogen (secondary N) is 1. The highest BCUT2D eigenvalue weighted by Crippen LogP contribution is 1.97. The Labute approximate surface area is 87.2 Å². The number of rotatable bonds is 9. The van der Waals surface area contributed by atoms with E-state index in [1.807, 2.05) is 0 Å². The van der Waals surface area contributed by atoms with Crippen molar-refractivity contribution in [3.05, 3.63) is 0 Å². The van der Waals surface area contributed by atoms with Crippen LogP contribution in [0.2, 0.25) is 0 Å². The van der Waals surface area contributed by atoms with Crippen molar-refractivity contribution >= 4 is 0 Å². The second-order valence-electron chi connectivity index (χ2n) is 3.06. The Balaban J connectivity index is 3.36. The first-order valence-electron chi connectivity index (χ1n) is 5.08. The van der Waals surface area contributed by atoms with E-state index < -0.39 is 0 Å². The minimum absolute atomic E-state index is 0.382. The molecule has 0 heterocycles. The lowest BCUT2D eigenvalue weighted by Crippen LogP contribution is -2.29. The van der Waals surface area contributed by atoms with Crippen LogP contribution in [0.3, 0.4) is 0 Å². The predicted molar refractivity (Wildman–Crippen MR) is 58.2 cm³/mol. The molecule has 0 aliphatic heterocycles. The number of hydrogen-bond acceptors (Lipinski definition) is 3. The highest BCUT2D eigenvalue weighted by atomic mass is 16.5. The molecule has 0 aliphatic carbocycles. The summed E-state index contributed by atoms with van der Waals surface area (Å²) in [4.78, 5) is 0. The normalized spacial score (nSPS) is 12.4. The van der Waals surface area contributed by atoms with Crippen molar-refractivity contribution in [1.29, 1.82) is 0 Å². The third-order valence-corrected chi connectivity index (χ3v) is 1.90. The Bertz CT molecular complexity index is 154. The Morgan fingerprint density at radius 2 is 2.14 bits per heavy atom. The van der Waals surface area contributed by atoms with Crippen LogP contribution in [0.5, 0.6) is 0 Å². The summed E-state index contributed by atoms with van der Waals surface area (Å²) in [5.74, 6) is 2.66. The summed E-state index contributed by atoms with van der Waals surface area (Å²) in [6.45, 7) is 5.08. The molecule has 0 aromatic carbocycles. The van der Waals surface area contributed by atoms with E-state index in [2.05, 4.69) is 18.2 Å². The van der Waals surface area contributed by atoms with Crippen LogP contribution in [0.25, 0.3) is 0 Å². The van der Waals surface area contributed by atoms with Gasteiger partial charge in [-0.1, -0.05) is 6.92 Å². The van der Waals surface area contributed by atoms with Gasteiger partial charge >= 0.3 is 0 Å². The van der Waals surface area contributed by atoms with Gasteiger partial charge in [0.1, 0.15) is 0 Å². The fraction of sp³-hybridized carbons (Fsp3) is 0.818. The van der Waals surface area contributed by atoms with Crippen LogP contribution in [-0.4, -0.2) is 39.5 Å². The maximum Gasteiger partial charge on any atom is 0.0700 e. The number of hydrogen-bond donors (Lipinski definition) is 1. The minimum atomic E-state index is 0.382. The third-order valence-electron chi connectivity index (χ3n) is 1.90. The summed E-state index contributed by atoms with van der Waals surface area (Å²) in [6, 6.07) is 0.382. The first kappa shape index (κ1) is 13.4. The average Bonchev–Trinajstić information content (AvgIpc) is 2.18. The van der Waals surface area contributed by atoms with Crippen molar-refractivity contribution < 1.29 is 9.47 Å². The van der Waals surface area contributed by atoms with Gasteiger partial charge in [0.05, 0.1) is 13.2 Å². The van der Waals surface area contributed by atoms with Crippen LogP contribution in [-0.2, 0) is 9.47 Å². The second kappa shape index (κ2) is 10.5. The molecule has 0 amide bonds. The molecule has 0 aliphatic rings. The fourth-order valence-corrected chi connectivity index (χ4v) is 1.18. The van der Waals surface area contributed by atoms with Gasteiger partial charge in [0.25, 0.3) is 0 Å². The quantitative estimate of drug-likeness (QED) is 0.444. The van der Waals surface area contributed by atoms with Crippen molar-refractivity contribution in [2.24, 2.45) is 0 Å². The second-order valence-corrected chi connectivity index (χ2v) is 3.06. The van der Waals surface area contributed by atoms with Crippen molar-refractivity contribution in [3.63, 3.8) is 0 Å². The molecule has 14 heavy (non-hydrogen) atoms. The molecule has 3 heteroatoms. The lowest BCUT2D eigenvalue weighted by Gasteiger charge is -2.14. The van der Waals surface area contributed by atoms with Crippen molar-refractivity contribution in [1.82, 2.24) is 5.32 Å². The standard InChI is InChI=1S/C11H21NO2/c1-4-6-11(12-5-2)7-8-14-10-9-13-3/h1,11-12H,5-10H2,2-3H3. The molecule has 0 aromatic rings. The molecule has 0 bridgehead atoms. The van der Waals surface area contributed by atoms with Gasteiger partial charge in [-0.3, -0.25) is 0 Å². The van der Waals surface area contributed by atoms with Gasteiger partial charge in [0.2, 0.25) is 0 Å². The molecule has 1 atom stereocenters. The number of methoxy groups -OCH3 is 1. The van der Waals surface area contributed by atoms with E-state index in [0.717, 1.165) is 26.0 Å². The highest BCUT2D eigenvalue weighted by molar-refractivity contribution is 4.89. The monoisotopic (exact) mass is 199 g/mol. The Hall–Kier alpha value is -0.560. The van der Waals surface area contributed by atoms with Crippen LogP contribution < -0.4 is 5.32 Å². The molecule has 0 spiro atoms. The Morgan fingerprint density at radius 3 is 2.71 bits per heavy atom. The molecule has 0 saturated heterocycles. The van der Waals surface area contributed by atoms with Gasteiger partial charge in [-0.15, -0.1) is 12.3 Å². The first-order valence-corrected chi connectivity index (χ1v) is 5.08. The first-order chi connectivity index (χ1) is 6.85. The molecule has 0 rings (SSSR count). The van der Waals surface area contributed by atoms with Crippen LogP contribution in [0, 0.1) is 12.3 Å². The average molecular weight is 199 g/mol. The fourth-order valence-electron chi connectivity index (χ4n) is 1.18. The summed E-state index contributed by atoms with van der Waals surface area (Å²) >= 11 is 0. The van der Waals surface area contributed by atoms with E-state index in [-0.39, 0.29) is 0 Å². The van der Waals surface area contributed by atoms with Gasteiger partial charge < -0.3 is 14.8 Å². The lowest BCUT2D eigenvalue weighted by molar-refractivity contribution is 0.0660. The van der Waals surface area contributed by atoms with Crippen molar-refractivity contribution in [2.45, 2.75) is 25.8 Å². The van der Waals surface area contributed by atoms with Gasteiger partial charge in [-0.25, -0.2) is 0 Å². The van der Waals surface area contributed by atoms with E-state index in [1.165, 1.54) is 0 Å². The zero-order valence-electron chi connectivity index (χ0n) is 9.21. The summed E-state index contributed by atoms with van der Waals surface area (Å²) < 4.78 is 10.2. The molecule has 0 radical (unpaired) electrons. The van der Waals surface area contributed by atoms with E-state index in [1.54, 1.807) is 7.11 Å². The predicted octanol–water partition coefficient (Wildman–Crippen LogP) is 1.04. The van der Waals surface area contributed by atoms with Crippen molar-refractivity contribution in [2.75, 3.05) is 33.5 Å². The minimum Gasteiger partial charge on any atom is -0.382 e. The topological polar surface area (TPSA) is 30.5 Å². The van der Waals surface area contributed by atoms with Gasteiger partial charge in [0.15, 0.2) is 0 Å². The molecule has 1 N–H and O–H groups in total. The molecular weight excluding hydrogens is 178 g/mol. The van der Waals surface area contributed by atoms with Gasteiger partial charge in [-0.05, 0) is 13.0 Å². The van der Waals surface area contributed by atoms with Crippen molar-refractivity contribution in [3.8, 4) is 12.3 Å². The summed E-state index contributed by atoms with van der Waals surface area (Å²) in [6.07, 6.45) is 6.99. The number of terminal acetylenes is 1. The van der Waals surface area contributed by atoms with E-state index >= 15 is 0 Å². The zero-order chi connectivity index (χ0) is 10.6. The van der Waals surface area contributed by atoms with Crippen LogP contribution in [0.4, 0.5) is 0 Å². The highest BCUT2D eigenvalue weighted by Gasteiger charge is 2.04. The van der Waals surface area contributed by atoms with Gasteiger partial charge in [0, 0.05) is 26.2 Å². The Morgan fingerprint density at radius 1 is 1.36 bits per heavy atom. The van der Waals surface area contributed by atoms with E-state index in [0.29, 0.717) is 19.3 Å². The smallest absolute Gasteiger partial charge is 0.0700 e. The van der Waals surface area contributed by atoms with Crippen LogP contribution >= 0.6 is 0 Å². The molecule has 0 aromatic heterocycles. The summed E-state index contributed by atoms with van der Waals surface area (Å²) in [5, 5.41) is 3.32. The zero-order valence-corrected chi connectivity index (χ0v) is 9.21. The molecular formula is C11H21NO2.